The Labute approximate surface area is 161 Å². The lowest BCUT2D eigenvalue weighted by Gasteiger charge is -2.12. The average Bonchev–Trinajstić information content (AvgIpc) is 3.28. The van der Waals surface area contributed by atoms with Gasteiger partial charge in [0, 0.05) is 18.3 Å². The first-order chi connectivity index (χ1) is 13.7. The smallest absolute Gasteiger partial charge is 0.261 e. The van der Waals surface area contributed by atoms with E-state index >= 15 is 0 Å². The third-order valence-electron chi connectivity index (χ3n) is 4.77. The zero-order valence-corrected chi connectivity index (χ0v) is 15.7. The molecule has 28 heavy (non-hydrogen) atoms. The maximum atomic E-state index is 13.0. The molecule has 0 radical (unpaired) electrons. The van der Waals surface area contributed by atoms with E-state index in [1.807, 2.05) is 36.4 Å². The second kappa shape index (κ2) is 7.56. The number of nitrogens with one attached hydrogen (secondary N) is 1. The van der Waals surface area contributed by atoms with Crippen molar-refractivity contribution in [3.63, 3.8) is 0 Å². The molecule has 0 spiro atoms. The number of nitrogens with zero attached hydrogens (tertiary/aromatic N) is 3. The van der Waals surface area contributed by atoms with Crippen LogP contribution in [0.15, 0.2) is 59.9 Å². The highest BCUT2D eigenvalue weighted by Gasteiger charge is 2.09. The maximum absolute atomic E-state index is 13.0. The number of H-pyrrole nitrogens is 1. The highest BCUT2D eigenvalue weighted by atomic mass is 16.5. The zero-order chi connectivity index (χ0) is 19.5. The number of hydrogen-bond acceptors (Lipinski definition) is 5. The topological polar surface area (TPSA) is 82.0 Å². The first kappa shape index (κ1) is 17.8. The van der Waals surface area contributed by atoms with Gasteiger partial charge in [0.1, 0.15) is 11.5 Å². The molecule has 2 aromatic heterocycles. The average molecular weight is 376 g/mol. The summed E-state index contributed by atoms with van der Waals surface area (Å²) in [6, 6.07) is 11.3. The highest BCUT2D eigenvalue weighted by Crippen LogP contribution is 2.25. The summed E-state index contributed by atoms with van der Waals surface area (Å²) in [5.41, 5.74) is 3.43. The second-order valence-corrected chi connectivity index (χ2v) is 6.39. The summed E-state index contributed by atoms with van der Waals surface area (Å²) >= 11 is 0. The lowest BCUT2D eigenvalue weighted by atomic mass is 10.1. The summed E-state index contributed by atoms with van der Waals surface area (Å²) in [7, 11) is 3.26. The van der Waals surface area contributed by atoms with Crippen LogP contribution in [0.1, 0.15) is 5.56 Å². The highest BCUT2D eigenvalue weighted by molar-refractivity contribution is 5.83. The molecule has 0 aliphatic rings. The van der Waals surface area contributed by atoms with Gasteiger partial charge in [-0.25, -0.2) is 4.98 Å². The third-order valence-corrected chi connectivity index (χ3v) is 4.77. The van der Waals surface area contributed by atoms with Crippen LogP contribution in [-0.4, -0.2) is 34.0 Å². The van der Waals surface area contributed by atoms with E-state index in [2.05, 4.69) is 15.2 Å². The lowest BCUT2D eigenvalue weighted by Crippen LogP contribution is -2.21. The number of aromatic nitrogens is 4. The van der Waals surface area contributed by atoms with Crippen LogP contribution in [0.3, 0.4) is 0 Å². The molecule has 0 bridgehead atoms. The summed E-state index contributed by atoms with van der Waals surface area (Å²) in [6.45, 7) is 0.487. The molecule has 0 fully saturated rings. The van der Waals surface area contributed by atoms with Gasteiger partial charge in [-0.15, -0.1) is 0 Å². The van der Waals surface area contributed by atoms with Crippen molar-refractivity contribution in [3.8, 4) is 22.6 Å². The van der Waals surface area contributed by atoms with Gasteiger partial charge >= 0.3 is 0 Å². The van der Waals surface area contributed by atoms with Crippen molar-refractivity contribution in [2.45, 2.75) is 13.0 Å². The Morgan fingerprint density at radius 1 is 1.07 bits per heavy atom. The molecule has 0 saturated heterocycles. The zero-order valence-electron chi connectivity index (χ0n) is 15.7. The van der Waals surface area contributed by atoms with Gasteiger partial charge in [0.2, 0.25) is 0 Å². The molecule has 0 unspecified atom stereocenters. The summed E-state index contributed by atoms with van der Waals surface area (Å²) < 4.78 is 12.3. The molecule has 7 nitrogen and oxygen atoms in total. The van der Waals surface area contributed by atoms with Crippen LogP contribution in [0, 0.1) is 0 Å². The van der Waals surface area contributed by atoms with Crippen molar-refractivity contribution in [2.24, 2.45) is 0 Å². The van der Waals surface area contributed by atoms with Gasteiger partial charge in [-0.2, -0.15) is 5.10 Å². The Morgan fingerprint density at radius 3 is 2.71 bits per heavy atom. The van der Waals surface area contributed by atoms with Crippen molar-refractivity contribution in [1.29, 1.82) is 0 Å². The Bertz CT molecular complexity index is 1170. The largest absolute Gasteiger partial charge is 0.497 e. The van der Waals surface area contributed by atoms with E-state index in [4.69, 9.17) is 9.47 Å². The lowest BCUT2D eigenvalue weighted by molar-refractivity contribution is 0.397. The number of ether oxygens (including phenoxy) is 2. The molecule has 142 valence electrons. The van der Waals surface area contributed by atoms with E-state index in [-0.39, 0.29) is 5.56 Å². The molecule has 2 heterocycles. The van der Waals surface area contributed by atoms with E-state index < -0.39 is 0 Å². The van der Waals surface area contributed by atoms with Gasteiger partial charge in [-0.05, 0) is 47.9 Å². The molecule has 7 heteroatoms. The minimum absolute atomic E-state index is 0.0720. The van der Waals surface area contributed by atoms with Crippen LogP contribution >= 0.6 is 0 Å². The first-order valence-corrected chi connectivity index (χ1v) is 8.89. The van der Waals surface area contributed by atoms with Crippen LogP contribution in [0.4, 0.5) is 0 Å². The minimum Gasteiger partial charge on any atom is -0.497 e. The standard InChI is InChI=1S/C21H20N4O3/c1-27-17-4-6-20(28-2)15(9-17)7-8-25-13-22-19-5-3-14(10-18(19)21(25)26)16-11-23-24-12-16/h3-6,9-13H,7-8H2,1-2H3,(H,23,24). The SMILES string of the molecule is COc1ccc(OC)c(CCn2cnc3ccc(-c4cn[nH]c4)cc3c2=O)c1. The quantitative estimate of drug-likeness (QED) is 0.559. The van der Waals surface area contributed by atoms with Gasteiger partial charge < -0.3 is 9.47 Å². The van der Waals surface area contributed by atoms with Crippen molar-refractivity contribution in [3.05, 3.63) is 71.0 Å². The maximum Gasteiger partial charge on any atom is 0.261 e. The number of fused-ring (bicyclic) bond motifs is 1. The number of aryl methyl sites for hydroxylation is 2. The fourth-order valence-corrected chi connectivity index (χ4v) is 3.22. The van der Waals surface area contributed by atoms with Gasteiger partial charge in [-0.1, -0.05) is 6.07 Å². The van der Waals surface area contributed by atoms with Crippen LogP contribution in [0.25, 0.3) is 22.0 Å². The predicted molar refractivity (Wildman–Crippen MR) is 107 cm³/mol. The number of aromatic amines is 1. The molecule has 0 saturated carbocycles. The summed E-state index contributed by atoms with van der Waals surface area (Å²) in [6.07, 6.45) is 5.74. The Kier molecular flexibility index (Phi) is 4.80. The number of rotatable bonds is 6. The monoisotopic (exact) mass is 376 g/mol. The van der Waals surface area contributed by atoms with Crippen LogP contribution < -0.4 is 15.0 Å². The van der Waals surface area contributed by atoms with E-state index in [1.54, 1.807) is 37.5 Å². The van der Waals surface area contributed by atoms with Crippen LogP contribution in [0.5, 0.6) is 11.5 Å². The summed E-state index contributed by atoms with van der Waals surface area (Å²) in [5, 5.41) is 7.34. The van der Waals surface area contributed by atoms with Crippen LogP contribution in [-0.2, 0) is 13.0 Å². The van der Waals surface area contributed by atoms with Crippen molar-refractivity contribution in [2.75, 3.05) is 14.2 Å². The molecular formula is C21H20N4O3. The Balaban J connectivity index is 1.66. The first-order valence-electron chi connectivity index (χ1n) is 8.89. The van der Waals surface area contributed by atoms with Gasteiger partial charge in [0.15, 0.2) is 0 Å². The van der Waals surface area contributed by atoms with Crippen LogP contribution in [0.2, 0.25) is 0 Å². The van der Waals surface area contributed by atoms with Crippen molar-refractivity contribution in [1.82, 2.24) is 19.7 Å². The molecule has 0 atom stereocenters. The number of methoxy groups -OCH3 is 2. The van der Waals surface area contributed by atoms with Gasteiger partial charge in [-0.3, -0.25) is 14.5 Å². The molecular weight excluding hydrogens is 356 g/mol. The molecule has 2 aromatic carbocycles. The number of hydrogen-bond donors (Lipinski definition) is 1. The van der Waals surface area contributed by atoms with Crippen molar-refractivity contribution < 1.29 is 9.47 Å². The molecule has 0 amide bonds. The second-order valence-electron chi connectivity index (χ2n) is 6.39. The summed E-state index contributed by atoms with van der Waals surface area (Å²) in [5.74, 6) is 1.52. The minimum atomic E-state index is -0.0720. The molecule has 1 N–H and O–H groups in total. The van der Waals surface area contributed by atoms with Gasteiger partial charge in [0.05, 0.1) is 37.6 Å². The predicted octanol–water partition coefficient (Wildman–Crippen LogP) is 3.05. The van der Waals surface area contributed by atoms with Gasteiger partial charge in [0.25, 0.3) is 5.56 Å². The summed E-state index contributed by atoms with van der Waals surface area (Å²) in [4.78, 5) is 17.4. The fourth-order valence-electron chi connectivity index (χ4n) is 3.22. The van der Waals surface area contributed by atoms with E-state index in [0.717, 1.165) is 28.2 Å². The molecule has 0 aliphatic heterocycles. The fraction of sp³-hybridized carbons (Fsp3) is 0.190. The van der Waals surface area contributed by atoms with E-state index in [9.17, 15) is 4.79 Å². The van der Waals surface area contributed by atoms with E-state index in [1.165, 1.54) is 0 Å². The Hall–Kier alpha value is -3.61. The normalized spacial score (nSPS) is 10.9. The number of benzene rings is 2. The molecule has 0 aliphatic carbocycles. The molecule has 4 rings (SSSR count). The van der Waals surface area contributed by atoms with Crippen molar-refractivity contribution >= 4 is 10.9 Å². The Morgan fingerprint density at radius 2 is 1.96 bits per heavy atom. The third kappa shape index (κ3) is 3.34. The van der Waals surface area contributed by atoms with E-state index in [0.29, 0.717) is 23.9 Å². The molecule has 4 aromatic rings.